The number of aromatic nitrogens is 4. The van der Waals surface area contributed by atoms with Gasteiger partial charge in [0, 0.05) is 13.2 Å². The molecule has 6 nitrogen and oxygen atoms in total. The molecule has 0 aliphatic carbocycles. The van der Waals surface area contributed by atoms with Crippen molar-refractivity contribution in [3.63, 3.8) is 0 Å². The first-order valence-corrected chi connectivity index (χ1v) is 7.08. The lowest BCUT2D eigenvalue weighted by Gasteiger charge is -2.06. The summed E-state index contributed by atoms with van der Waals surface area (Å²) >= 11 is 5.26. The third kappa shape index (κ3) is 2.58. The van der Waals surface area contributed by atoms with Gasteiger partial charge in [-0.15, -0.1) is 0 Å². The molecule has 0 aliphatic rings. The highest BCUT2D eigenvalue weighted by Gasteiger charge is 2.12. The minimum atomic E-state index is 0.423. The maximum absolute atomic E-state index is 5.38. The van der Waals surface area contributed by atoms with E-state index >= 15 is 0 Å². The fraction of sp³-hybridized carbons (Fsp3) is 0.133. The molecule has 0 amide bonds. The van der Waals surface area contributed by atoms with Crippen molar-refractivity contribution in [2.45, 2.75) is 0 Å². The quantitative estimate of drug-likeness (QED) is 0.595. The van der Waals surface area contributed by atoms with Gasteiger partial charge >= 0.3 is 0 Å². The molecule has 0 radical (unpaired) electrons. The van der Waals surface area contributed by atoms with E-state index in [9.17, 15) is 0 Å². The molecule has 0 saturated heterocycles. The van der Waals surface area contributed by atoms with Crippen molar-refractivity contribution in [2.24, 2.45) is 12.1 Å². The summed E-state index contributed by atoms with van der Waals surface area (Å²) in [5.41, 5.74) is 1.79. The van der Waals surface area contributed by atoms with Crippen LogP contribution in [0.5, 0.6) is 5.75 Å². The molecule has 112 valence electrons. The van der Waals surface area contributed by atoms with Crippen LogP contribution in [0.25, 0.3) is 11.4 Å². The van der Waals surface area contributed by atoms with Crippen LogP contribution >= 0.6 is 12.2 Å². The van der Waals surface area contributed by atoms with Crippen LogP contribution in [0.1, 0.15) is 5.69 Å². The number of nitrogens with one attached hydrogen (secondary N) is 1. The Balaban J connectivity index is 2.07. The fourth-order valence-corrected chi connectivity index (χ4v) is 2.31. The van der Waals surface area contributed by atoms with Gasteiger partial charge in [-0.1, -0.05) is 12.1 Å². The highest BCUT2D eigenvalue weighted by molar-refractivity contribution is 7.71. The number of aryl methyl sites for hydroxylation is 1. The zero-order valence-corrected chi connectivity index (χ0v) is 13.0. The lowest BCUT2D eigenvalue weighted by molar-refractivity contribution is 0.416. The van der Waals surface area contributed by atoms with Gasteiger partial charge in [-0.2, -0.15) is 14.9 Å². The van der Waals surface area contributed by atoms with Crippen molar-refractivity contribution in [1.29, 1.82) is 0 Å². The second-order valence-electron chi connectivity index (χ2n) is 4.65. The maximum Gasteiger partial charge on any atom is 0.216 e. The molecule has 22 heavy (non-hydrogen) atoms. The Morgan fingerprint density at radius 1 is 1.27 bits per heavy atom. The molecule has 0 spiro atoms. The Bertz CT molecular complexity index is 874. The molecule has 0 fully saturated rings. The number of rotatable bonds is 4. The molecule has 2 heterocycles. The topological polar surface area (TPSA) is 60.1 Å². The Kier molecular flexibility index (Phi) is 3.88. The second-order valence-corrected chi connectivity index (χ2v) is 5.04. The highest BCUT2D eigenvalue weighted by Crippen LogP contribution is 2.27. The third-order valence-electron chi connectivity index (χ3n) is 3.29. The highest BCUT2D eigenvalue weighted by atomic mass is 32.1. The second kappa shape index (κ2) is 5.98. The summed E-state index contributed by atoms with van der Waals surface area (Å²) in [6, 6.07) is 11.5. The van der Waals surface area contributed by atoms with Crippen molar-refractivity contribution in [3.05, 3.63) is 53.1 Å². The van der Waals surface area contributed by atoms with Crippen LogP contribution in [0.3, 0.4) is 0 Å². The van der Waals surface area contributed by atoms with Gasteiger partial charge in [0.2, 0.25) is 4.77 Å². The SMILES string of the molecule is COc1ccccc1-c1n[nH]c(=S)n1/N=C/c1cccn1C. The predicted octanol–water partition coefficient (Wildman–Crippen LogP) is 2.84. The summed E-state index contributed by atoms with van der Waals surface area (Å²) in [7, 11) is 3.58. The van der Waals surface area contributed by atoms with Gasteiger partial charge in [-0.3, -0.25) is 0 Å². The number of benzene rings is 1. The van der Waals surface area contributed by atoms with Crippen LogP contribution in [0, 0.1) is 4.77 Å². The van der Waals surface area contributed by atoms with E-state index in [1.54, 1.807) is 18.0 Å². The Morgan fingerprint density at radius 2 is 2.09 bits per heavy atom. The average Bonchev–Trinajstić information content (AvgIpc) is 3.11. The van der Waals surface area contributed by atoms with Gasteiger partial charge in [-0.05, 0) is 36.5 Å². The molecular weight excluding hydrogens is 298 g/mol. The van der Waals surface area contributed by atoms with E-state index in [-0.39, 0.29) is 0 Å². The minimum absolute atomic E-state index is 0.423. The van der Waals surface area contributed by atoms with Gasteiger partial charge in [-0.25, -0.2) is 5.10 Å². The van der Waals surface area contributed by atoms with Gasteiger partial charge < -0.3 is 9.30 Å². The van der Waals surface area contributed by atoms with E-state index in [0.29, 0.717) is 16.3 Å². The molecule has 0 atom stereocenters. The molecule has 1 aromatic carbocycles. The van der Waals surface area contributed by atoms with Crippen molar-refractivity contribution in [3.8, 4) is 17.1 Å². The number of hydrogen-bond donors (Lipinski definition) is 1. The molecule has 0 bridgehead atoms. The lowest BCUT2D eigenvalue weighted by Crippen LogP contribution is -1.99. The fourth-order valence-electron chi connectivity index (χ4n) is 2.13. The van der Waals surface area contributed by atoms with Crippen LogP contribution in [0.2, 0.25) is 0 Å². The summed E-state index contributed by atoms with van der Waals surface area (Å²) in [6.07, 6.45) is 3.70. The number of methoxy groups -OCH3 is 1. The van der Waals surface area contributed by atoms with E-state index in [4.69, 9.17) is 17.0 Å². The molecule has 0 saturated carbocycles. The molecule has 0 aliphatic heterocycles. The van der Waals surface area contributed by atoms with Crippen molar-refractivity contribution >= 4 is 18.4 Å². The van der Waals surface area contributed by atoms with Crippen LogP contribution in [-0.2, 0) is 7.05 Å². The van der Waals surface area contributed by atoms with E-state index in [1.807, 2.05) is 54.2 Å². The smallest absolute Gasteiger partial charge is 0.216 e. The average molecular weight is 313 g/mol. The maximum atomic E-state index is 5.38. The predicted molar refractivity (Wildman–Crippen MR) is 87.8 cm³/mol. The summed E-state index contributed by atoms with van der Waals surface area (Å²) < 4.78 is 9.35. The van der Waals surface area contributed by atoms with E-state index in [0.717, 1.165) is 11.3 Å². The molecule has 3 rings (SSSR count). The van der Waals surface area contributed by atoms with Gasteiger partial charge in [0.25, 0.3) is 0 Å². The standard InChI is InChI=1S/C15H15N5OS/c1-19-9-5-6-11(19)10-16-20-14(17-18-15(20)22)12-7-3-4-8-13(12)21-2/h3-10H,1-2H3,(H,18,22)/b16-10+. The molecule has 1 N–H and O–H groups in total. The monoisotopic (exact) mass is 313 g/mol. The molecule has 2 aromatic heterocycles. The first-order valence-electron chi connectivity index (χ1n) is 6.67. The van der Waals surface area contributed by atoms with E-state index in [2.05, 4.69) is 15.3 Å². The number of nitrogens with zero attached hydrogens (tertiary/aromatic N) is 4. The first-order chi connectivity index (χ1) is 10.7. The Hall–Kier alpha value is -2.67. The molecule has 3 aromatic rings. The van der Waals surface area contributed by atoms with E-state index in [1.165, 1.54) is 0 Å². The lowest BCUT2D eigenvalue weighted by atomic mass is 10.2. The zero-order valence-electron chi connectivity index (χ0n) is 12.2. The van der Waals surface area contributed by atoms with Crippen LogP contribution in [0.4, 0.5) is 0 Å². The largest absolute Gasteiger partial charge is 0.496 e. The zero-order chi connectivity index (χ0) is 15.5. The third-order valence-corrected chi connectivity index (χ3v) is 3.55. The number of para-hydroxylation sites is 1. The number of H-pyrrole nitrogens is 1. The Labute approximate surface area is 132 Å². The van der Waals surface area contributed by atoms with Gasteiger partial charge in [0.15, 0.2) is 5.82 Å². The number of hydrogen-bond acceptors (Lipinski definition) is 4. The Morgan fingerprint density at radius 3 is 2.82 bits per heavy atom. The van der Waals surface area contributed by atoms with Crippen molar-refractivity contribution < 1.29 is 4.74 Å². The van der Waals surface area contributed by atoms with Crippen LogP contribution in [-0.4, -0.2) is 32.8 Å². The summed E-state index contributed by atoms with van der Waals surface area (Å²) in [4.78, 5) is 0. The van der Waals surface area contributed by atoms with Crippen molar-refractivity contribution in [1.82, 2.24) is 19.4 Å². The summed E-state index contributed by atoms with van der Waals surface area (Å²) in [6.45, 7) is 0. The van der Waals surface area contributed by atoms with E-state index < -0.39 is 0 Å². The molecular formula is C15H15N5OS. The number of ether oxygens (including phenoxy) is 1. The number of aromatic amines is 1. The summed E-state index contributed by atoms with van der Waals surface area (Å²) in [5.74, 6) is 1.32. The molecule has 7 heteroatoms. The van der Waals surface area contributed by atoms with Crippen LogP contribution < -0.4 is 4.74 Å². The molecule has 0 unspecified atom stereocenters. The minimum Gasteiger partial charge on any atom is -0.496 e. The first kappa shape index (κ1) is 14.3. The summed E-state index contributed by atoms with van der Waals surface area (Å²) in [5, 5.41) is 11.5. The normalized spacial score (nSPS) is 11.2. The van der Waals surface area contributed by atoms with Crippen molar-refractivity contribution in [2.75, 3.05) is 7.11 Å². The van der Waals surface area contributed by atoms with Crippen LogP contribution in [0.15, 0.2) is 47.7 Å². The van der Waals surface area contributed by atoms with Gasteiger partial charge in [0.1, 0.15) is 5.75 Å². The van der Waals surface area contributed by atoms with Gasteiger partial charge in [0.05, 0.1) is 24.6 Å².